The Morgan fingerprint density at radius 2 is 2.19 bits per heavy atom. The second-order valence-electron chi connectivity index (χ2n) is 3.57. The first kappa shape index (κ1) is 12.6. The summed E-state index contributed by atoms with van der Waals surface area (Å²) in [5.74, 6) is -0.960. The molecule has 0 saturated carbocycles. The molecule has 0 radical (unpaired) electrons. The Morgan fingerprint density at radius 3 is 2.75 bits per heavy atom. The molecule has 0 aliphatic carbocycles. The quantitative estimate of drug-likeness (QED) is 0.797. The fourth-order valence-electron chi connectivity index (χ4n) is 1.48. The number of halogens is 1. The van der Waals surface area contributed by atoms with Gasteiger partial charge in [-0.15, -0.1) is 0 Å². The van der Waals surface area contributed by atoms with E-state index < -0.39 is 11.8 Å². The summed E-state index contributed by atoms with van der Waals surface area (Å²) < 4.78 is 18.1. The maximum absolute atomic E-state index is 13.5. The largest absolute Gasteiger partial charge is 0.465 e. The van der Waals surface area contributed by atoms with Gasteiger partial charge in [0.1, 0.15) is 5.82 Å². The van der Waals surface area contributed by atoms with Crippen LogP contribution in [0.3, 0.4) is 0 Å². The standard InChI is InChI=1S/C12H15FO3/c1-8-10(12(15)16-2)6-9(4-3-5-14)7-11(8)13/h6-7,14H,3-5H2,1-2H3. The molecule has 88 valence electrons. The zero-order chi connectivity index (χ0) is 12.1. The van der Waals surface area contributed by atoms with Gasteiger partial charge in [-0.1, -0.05) is 0 Å². The maximum Gasteiger partial charge on any atom is 0.338 e. The molecule has 0 saturated heterocycles. The maximum atomic E-state index is 13.5. The van der Waals surface area contributed by atoms with E-state index in [1.165, 1.54) is 20.1 Å². The molecule has 0 fully saturated rings. The molecular weight excluding hydrogens is 211 g/mol. The number of aryl methyl sites for hydroxylation is 1. The van der Waals surface area contributed by atoms with Crippen molar-refractivity contribution in [2.75, 3.05) is 13.7 Å². The molecule has 0 unspecified atom stereocenters. The fourth-order valence-corrected chi connectivity index (χ4v) is 1.48. The van der Waals surface area contributed by atoms with Crippen molar-refractivity contribution in [1.29, 1.82) is 0 Å². The van der Waals surface area contributed by atoms with Gasteiger partial charge in [0.15, 0.2) is 0 Å². The smallest absolute Gasteiger partial charge is 0.338 e. The third-order valence-electron chi connectivity index (χ3n) is 2.43. The Kier molecular flexibility index (Phi) is 4.43. The monoisotopic (exact) mass is 226 g/mol. The van der Waals surface area contributed by atoms with E-state index in [1.54, 1.807) is 6.07 Å². The summed E-state index contributed by atoms with van der Waals surface area (Å²) in [6.45, 7) is 1.58. The van der Waals surface area contributed by atoms with Gasteiger partial charge in [0.05, 0.1) is 12.7 Å². The lowest BCUT2D eigenvalue weighted by Crippen LogP contribution is -2.07. The van der Waals surface area contributed by atoms with E-state index in [0.717, 1.165) is 0 Å². The minimum Gasteiger partial charge on any atom is -0.465 e. The van der Waals surface area contributed by atoms with Crippen LogP contribution in [0, 0.1) is 12.7 Å². The molecule has 0 spiro atoms. The highest BCUT2D eigenvalue weighted by Gasteiger charge is 2.14. The minimum absolute atomic E-state index is 0.0447. The van der Waals surface area contributed by atoms with Crippen LogP contribution in [0.25, 0.3) is 0 Å². The number of rotatable bonds is 4. The number of hydrogen-bond acceptors (Lipinski definition) is 3. The van der Waals surface area contributed by atoms with Gasteiger partial charge in [-0.25, -0.2) is 9.18 Å². The number of ether oxygens (including phenoxy) is 1. The second kappa shape index (κ2) is 5.61. The van der Waals surface area contributed by atoms with Crippen LogP contribution < -0.4 is 0 Å². The van der Waals surface area contributed by atoms with Crippen LogP contribution in [0.15, 0.2) is 12.1 Å². The predicted molar refractivity (Wildman–Crippen MR) is 57.9 cm³/mol. The van der Waals surface area contributed by atoms with Crippen LogP contribution in [0.2, 0.25) is 0 Å². The number of hydrogen-bond donors (Lipinski definition) is 1. The first-order chi connectivity index (χ1) is 7.60. The lowest BCUT2D eigenvalue weighted by atomic mass is 10.0. The predicted octanol–water partition coefficient (Wildman–Crippen LogP) is 1.85. The summed E-state index contributed by atoms with van der Waals surface area (Å²) in [5.41, 5.74) is 1.23. The topological polar surface area (TPSA) is 46.5 Å². The average Bonchev–Trinajstić information content (AvgIpc) is 2.29. The van der Waals surface area contributed by atoms with Crippen molar-refractivity contribution in [3.8, 4) is 0 Å². The van der Waals surface area contributed by atoms with Gasteiger partial charge in [-0.3, -0.25) is 0 Å². The lowest BCUT2D eigenvalue weighted by molar-refractivity contribution is 0.0599. The molecule has 4 heteroatoms. The van der Waals surface area contributed by atoms with E-state index in [9.17, 15) is 9.18 Å². The third kappa shape index (κ3) is 2.79. The van der Waals surface area contributed by atoms with Crippen molar-refractivity contribution in [2.24, 2.45) is 0 Å². The molecule has 0 amide bonds. The van der Waals surface area contributed by atoms with Crippen molar-refractivity contribution in [3.05, 3.63) is 34.6 Å². The van der Waals surface area contributed by atoms with Crippen molar-refractivity contribution >= 4 is 5.97 Å². The van der Waals surface area contributed by atoms with E-state index in [1.807, 2.05) is 0 Å². The van der Waals surface area contributed by atoms with Gasteiger partial charge in [0, 0.05) is 6.61 Å². The van der Waals surface area contributed by atoms with E-state index in [2.05, 4.69) is 4.74 Å². The molecule has 1 rings (SSSR count). The first-order valence-electron chi connectivity index (χ1n) is 5.08. The van der Waals surface area contributed by atoms with Crippen LogP contribution in [-0.4, -0.2) is 24.8 Å². The number of esters is 1. The van der Waals surface area contributed by atoms with E-state index in [4.69, 9.17) is 5.11 Å². The summed E-state index contributed by atoms with van der Waals surface area (Å²) in [5, 5.41) is 8.69. The van der Waals surface area contributed by atoms with Crippen LogP contribution >= 0.6 is 0 Å². The Hall–Kier alpha value is -1.42. The van der Waals surface area contributed by atoms with E-state index >= 15 is 0 Å². The minimum atomic E-state index is -0.540. The van der Waals surface area contributed by atoms with Crippen LogP contribution in [-0.2, 0) is 11.2 Å². The summed E-state index contributed by atoms with van der Waals surface area (Å²) in [6, 6.07) is 3.00. The first-order valence-corrected chi connectivity index (χ1v) is 5.08. The van der Waals surface area contributed by atoms with E-state index in [0.29, 0.717) is 24.0 Å². The summed E-state index contributed by atoms with van der Waals surface area (Å²) in [6.07, 6.45) is 1.08. The van der Waals surface area contributed by atoms with Crippen molar-refractivity contribution in [1.82, 2.24) is 0 Å². The number of carbonyl (C=O) groups is 1. The van der Waals surface area contributed by atoms with Crippen molar-refractivity contribution in [2.45, 2.75) is 19.8 Å². The number of aliphatic hydroxyl groups is 1. The Bertz CT molecular complexity index is 388. The Labute approximate surface area is 93.9 Å². The molecule has 0 aliphatic heterocycles. The lowest BCUT2D eigenvalue weighted by Gasteiger charge is -2.08. The van der Waals surface area contributed by atoms with Gasteiger partial charge in [0.2, 0.25) is 0 Å². The molecular formula is C12H15FO3. The van der Waals surface area contributed by atoms with Crippen LogP contribution in [0.1, 0.15) is 27.9 Å². The molecule has 3 nitrogen and oxygen atoms in total. The molecule has 1 aromatic rings. The van der Waals surface area contributed by atoms with Crippen molar-refractivity contribution < 1.29 is 19.0 Å². The average molecular weight is 226 g/mol. The van der Waals surface area contributed by atoms with Gasteiger partial charge in [-0.05, 0) is 43.0 Å². The molecule has 0 aromatic heterocycles. The highest BCUT2D eigenvalue weighted by Crippen LogP contribution is 2.17. The summed E-state index contributed by atoms with van der Waals surface area (Å²) in [7, 11) is 1.26. The van der Waals surface area contributed by atoms with Gasteiger partial charge >= 0.3 is 5.97 Å². The zero-order valence-corrected chi connectivity index (χ0v) is 9.42. The Morgan fingerprint density at radius 1 is 1.50 bits per heavy atom. The molecule has 0 aliphatic rings. The van der Waals surface area contributed by atoms with Gasteiger partial charge < -0.3 is 9.84 Å². The fraction of sp³-hybridized carbons (Fsp3) is 0.417. The van der Waals surface area contributed by atoms with Crippen molar-refractivity contribution in [3.63, 3.8) is 0 Å². The van der Waals surface area contributed by atoms with Crippen LogP contribution in [0.4, 0.5) is 4.39 Å². The van der Waals surface area contributed by atoms with Gasteiger partial charge in [-0.2, -0.15) is 0 Å². The number of benzene rings is 1. The number of methoxy groups -OCH3 is 1. The molecule has 0 heterocycles. The molecule has 1 N–H and O–H groups in total. The second-order valence-corrected chi connectivity index (χ2v) is 3.57. The summed E-state index contributed by atoms with van der Waals surface area (Å²) in [4.78, 5) is 11.4. The summed E-state index contributed by atoms with van der Waals surface area (Å²) >= 11 is 0. The molecule has 1 aromatic carbocycles. The third-order valence-corrected chi connectivity index (χ3v) is 2.43. The van der Waals surface area contributed by atoms with Gasteiger partial charge in [0.25, 0.3) is 0 Å². The van der Waals surface area contributed by atoms with E-state index in [-0.39, 0.29) is 12.2 Å². The molecule has 0 bridgehead atoms. The normalized spacial score (nSPS) is 10.2. The zero-order valence-electron chi connectivity index (χ0n) is 9.42. The molecule has 16 heavy (non-hydrogen) atoms. The highest BCUT2D eigenvalue weighted by atomic mass is 19.1. The number of aliphatic hydroxyl groups excluding tert-OH is 1. The Balaban J connectivity index is 3.06. The highest BCUT2D eigenvalue weighted by molar-refractivity contribution is 5.91. The molecule has 0 atom stereocenters. The number of carbonyl (C=O) groups excluding carboxylic acids is 1. The van der Waals surface area contributed by atoms with Crippen LogP contribution in [0.5, 0.6) is 0 Å². The SMILES string of the molecule is COC(=O)c1cc(CCCO)cc(F)c1C.